The Labute approximate surface area is 175 Å². The molecule has 1 spiro atoms. The van der Waals surface area contributed by atoms with Crippen molar-refractivity contribution in [3.63, 3.8) is 0 Å². The first kappa shape index (κ1) is 19.2. The van der Waals surface area contributed by atoms with Crippen molar-refractivity contribution in [3.05, 3.63) is 57.5 Å². The van der Waals surface area contributed by atoms with Crippen LogP contribution >= 0.6 is 11.3 Å². The first-order chi connectivity index (χ1) is 14.0. The van der Waals surface area contributed by atoms with Crippen molar-refractivity contribution in [1.29, 1.82) is 0 Å². The van der Waals surface area contributed by atoms with E-state index in [1.54, 1.807) is 18.2 Å². The van der Waals surface area contributed by atoms with Gasteiger partial charge < -0.3 is 10.1 Å². The Hall–Kier alpha value is -1.76. The zero-order valence-electron chi connectivity index (χ0n) is 16.7. The number of nitrogens with one attached hydrogen (secondary N) is 1. The number of carbonyl (C=O) groups excluding carboxylic acids is 1. The van der Waals surface area contributed by atoms with Gasteiger partial charge in [0.1, 0.15) is 5.82 Å². The van der Waals surface area contributed by atoms with E-state index in [4.69, 9.17) is 4.74 Å². The zero-order chi connectivity index (χ0) is 20.0. The van der Waals surface area contributed by atoms with E-state index in [0.29, 0.717) is 23.9 Å². The fourth-order valence-corrected chi connectivity index (χ4v) is 6.51. The van der Waals surface area contributed by atoms with E-state index in [0.717, 1.165) is 32.5 Å². The SMILES string of the molecule is Cc1ccc(CN2C[C@@H]3[C@H](CNC(=O)Cc4ccccc4F)[C@H]4CC[C@]3(C2)O4)s1. The molecule has 0 unspecified atom stereocenters. The van der Waals surface area contributed by atoms with Crippen LogP contribution in [0, 0.1) is 24.6 Å². The maximum atomic E-state index is 13.8. The lowest BCUT2D eigenvalue weighted by molar-refractivity contribution is -0.120. The van der Waals surface area contributed by atoms with E-state index in [1.807, 2.05) is 11.3 Å². The maximum Gasteiger partial charge on any atom is 0.224 e. The topological polar surface area (TPSA) is 41.6 Å². The predicted molar refractivity (Wildman–Crippen MR) is 111 cm³/mol. The number of halogens is 1. The third-order valence-corrected chi connectivity index (χ3v) is 7.86. The third-order valence-electron chi connectivity index (χ3n) is 6.87. The highest BCUT2D eigenvalue weighted by Gasteiger charge is 2.62. The molecule has 3 fully saturated rings. The minimum Gasteiger partial charge on any atom is -0.370 e. The molecule has 1 amide bonds. The highest BCUT2D eigenvalue weighted by Crippen LogP contribution is 2.54. The van der Waals surface area contributed by atoms with E-state index in [-0.39, 0.29) is 29.9 Å². The Morgan fingerprint density at radius 1 is 1.34 bits per heavy atom. The number of ether oxygens (including phenoxy) is 1. The van der Waals surface area contributed by atoms with Crippen molar-refractivity contribution in [3.8, 4) is 0 Å². The lowest BCUT2D eigenvalue weighted by atomic mass is 9.73. The standard InChI is InChI=1S/C23H27FN2O2S/c1-15-6-7-17(29-15)12-26-13-19-18(21-8-9-23(19,14-26)28-21)11-25-22(27)10-16-4-2-3-5-20(16)24/h2-7,18-19,21H,8-14H2,1H3,(H,25,27)/t18-,19+,21+,23+/m0/s1. The van der Waals surface area contributed by atoms with Crippen molar-refractivity contribution in [1.82, 2.24) is 10.2 Å². The van der Waals surface area contributed by atoms with Crippen molar-refractivity contribution in [2.24, 2.45) is 11.8 Å². The number of amides is 1. The molecule has 4 nitrogen and oxygen atoms in total. The van der Waals surface area contributed by atoms with Crippen LogP contribution in [0.2, 0.25) is 0 Å². The van der Waals surface area contributed by atoms with Crippen LogP contribution in [-0.4, -0.2) is 42.1 Å². The normalized spacial score (nSPS) is 30.6. The molecule has 3 aliphatic heterocycles. The maximum absolute atomic E-state index is 13.8. The van der Waals surface area contributed by atoms with Gasteiger partial charge >= 0.3 is 0 Å². The molecule has 0 radical (unpaired) electrons. The molecule has 1 aromatic heterocycles. The summed E-state index contributed by atoms with van der Waals surface area (Å²) in [6.45, 7) is 5.77. The molecule has 0 saturated carbocycles. The summed E-state index contributed by atoms with van der Waals surface area (Å²) in [5.74, 6) is 0.385. The quantitative estimate of drug-likeness (QED) is 0.786. The van der Waals surface area contributed by atoms with E-state index >= 15 is 0 Å². The molecule has 4 atom stereocenters. The molecule has 5 rings (SSSR count). The van der Waals surface area contributed by atoms with Crippen molar-refractivity contribution in [2.75, 3.05) is 19.6 Å². The molecular formula is C23H27FN2O2S. The Morgan fingerprint density at radius 3 is 3.00 bits per heavy atom. The van der Waals surface area contributed by atoms with Gasteiger partial charge in [-0.3, -0.25) is 9.69 Å². The van der Waals surface area contributed by atoms with Gasteiger partial charge in [0.15, 0.2) is 0 Å². The molecule has 3 aliphatic rings. The number of carbonyl (C=O) groups is 1. The van der Waals surface area contributed by atoms with Crippen LogP contribution in [0.15, 0.2) is 36.4 Å². The molecular weight excluding hydrogens is 387 g/mol. The van der Waals surface area contributed by atoms with Crippen LogP contribution in [-0.2, 0) is 22.5 Å². The summed E-state index contributed by atoms with van der Waals surface area (Å²) in [7, 11) is 0. The second-order valence-corrected chi connectivity index (χ2v) is 10.2. The fourth-order valence-electron chi connectivity index (χ4n) is 5.58. The minimum atomic E-state index is -0.319. The van der Waals surface area contributed by atoms with Gasteiger partial charge in [0, 0.05) is 47.8 Å². The van der Waals surface area contributed by atoms with Crippen LogP contribution in [0.4, 0.5) is 4.39 Å². The first-order valence-corrected chi connectivity index (χ1v) is 11.3. The second kappa shape index (κ2) is 7.49. The lowest BCUT2D eigenvalue weighted by Gasteiger charge is -2.29. The van der Waals surface area contributed by atoms with Crippen molar-refractivity contribution >= 4 is 17.2 Å². The van der Waals surface area contributed by atoms with Crippen LogP contribution in [0.25, 0.3) is 0 Å². The van der Waals surface area contributed by atoms with Crippen molar-refractivity contribution in [2.45, 2.75) is 44.4 Å². The Morgan fingerprint density at radius 2 is 2.21 bits per heavy atom. The number of hydrogen-bond donors (Lipinski definition) is 1. The first-order valence-electron chi connectivity index (χ1n) is 10.5. The zero-order valence-corrected chi connectivity index (χ0v) is 17.5. The number of nitrogens with zero attached hydrogens (tertiary/aromatic N) is 1. The molecule has 2 bridgehead atoms. The molecule has 2 aromatic rings. The Kier molecular flexibility index (Phi) is 4.96. The van der Waals surface area contributed by atoms with Crippen LogP contribution in [0.5, 0.6) is 0 Å². The summed E-state index contributed by atoms with van der Waals surface area (Å²) < 4.78 is 20.3. The van der Waals surface area contributed by atoms with Crippen LogP contribution in [0.1, 0.15) is 28.2 Å². The van der Waals surface area contributed by atoms with Gasteiger partial charge in [-0.2, -0.15) is 0 Å². The Balaban J connectivity index is 1.20. The summed E-state index contributed by atoms with van der Waals surface area (Å²) in [4.78, 5) is 17.7. The molecule has 6 heteroatoms. The summed E-state index contributed by atoms with van der Waals surface area (Å²) >= 11 is 1.87. The average molecular weight is 415 g/mol. The highest BCUT2D eigenvalue weighted by atomic mass is 32.1. The largest absolute Gasteiger partial charge is 0.370 e. The molecule has 29 heavy (non-hydrogen) atoms. The highest BCUT2D eigenvalue weighted by molar-refractivity contribution is 7.11. The number of fused-ring (bicyclic) bond motifs is 1. The summed E-state index contributed by atoms with van der Waals surface area (Å²) in [6.07, 6.45) is 2.54. The molecule has 0 aliphatic carbocycles. The van der Waals surface area contributed by atoms with E-state index < -0.39 is 0 Å². The van der Waals surface area contributed by atoms with E-state index in [1.165, 1.54) is 15.8 Å². The molecule has 154 valence electrons. The van der Waals surface area contributed by atoms with Gasteiger partial charge in [-0.15, -0.1) is 11.3 Å². The number of thiophene rings is 1. The van der Waals surface area contributed by atoms with Gasteiger partial charge in [0.2, 0.25) is 5.91 Å². The molecule has 4 heterocycles. The monoisotopic (exact) mass is 414 g/mol. The third kappa shape index (κ3) is 3.62. The molecule has 3 saturated heterocycles. The van der Waals surface area contributed by atoms with Gasteiger partial charge in [0.25, 0.3) is 0 Å². The minimum absolute atomic E-state index is 0.0299. The van der Waals surface area contributed by atoms with Crippen molar-refractivity contribution < 1.29 is 13.9 Å². The summed E-state index contributed by atoms with van der Waals surface area (Å²) in [6, 6.07) is 10.9. The second-order valence-electron chi connectivity index (χ2n) is 8.78. The smallest absolute Gasteiger partial charge is 0.224 e. The number of rotatable bonds is 6. The fraction of sp³-hybridized carbons (Fsp3) is 0.522. The van der Waals surface area contributed by atoms with Crippen LogP contribution < -0.4 is 5.32 Å². The van der Waals surface area contributed by atoms with Gasteiger partial charge in [-0.25, -0.2) is 4.39 Å². The molecule has 1 N–H and O–H groups in total. The Bertz CT molecular complexity index is 916. The average Bonchev–Trinajstić information content (AvgIpc) is 3.43. The van der Waals surface area contributed by atoms with Gasteiger partial charge in [-0.05, 0) is 43.5 Å². The number of aryl methyl sites for hydroxylation is 1. The predicted octanol–water partition coefficient (Wildman–Crippen LogP) is 3.53. The van der Waals surface area contributed by atoms with Crippen LogP contribution in [0.3, 0.4) is 0 Å². The van der Waals surface area contributed by atoms with Gasteiger partial charge in [-0.1, -0.05) is 18.2 Å². The lowest BCUT2D eigenvalue weighted by Crippen LogP contribution is -2.42. The summed E-state index contributed by atoms with van der Waals surface area (Å²) in [5, 5.41) is 3.06. The number of likely N-dealkylation sites (tertiary alicyclic amines) is 1. The number of hydrogen-bond acceptors (Lipinski definition) is 4. The molecule has 1 aromatic carbocycles. The summed E-state index contributed by atoms with van der Waals surface area (Å²) in [5.41, 5.74) is 0.418. The van der Waals surface area contributed by atoms with E-state index in [9.17, 15) is 9.18 Å². The van der Waals surface area contributed by atoms with Gasteiger partial charge in [0.05, 0.1) is 18.1 Å². The van der Waals surface area contributed by atoms with E-state index in [2.05, 4.69) is 29.3 Å². The number of benzene rings is 1.